The fourth-order valence-electron chi connectivity index (χ4n) is 3.70. The van der Waals surface area contributed by atoms with Crippen molar-refractivity contribution in [1.29, 1.82) is 0 Å². The molecule has 4 N–H and O–H groups in total. The third-order valence-electron chi connectivity index (χ3n) is 5.74. The fraction of sp³-hybridized carbons (Fsp3) is 0.269. The number of carbonyl (C=O) groups is 1. The number of aromatic hydroxyl groups is 1. The molecule has 0 spiro atoms. The number of nitrogens with one attached hydrogen (secondary N) is 1. The van der Waals surface area contributed by atoms with Gasteiger partial charge in [-0.2, -0.15) is 0 Å². The zero-order valence-corrected chi connectivity index (χ0v) is 20.8. The van der Waals surface area contributed by atoms with Gasteiger partial charge in [0.2, 0.25) is 0 Å². The van der Waals surface area contributed by atoms with Crippen molar-refractivity contribution in [2.24, 2.45) is 0 Å². The minimum absolute atomic E-state index is 0.0791. The van der Waals surface area contributed by atoms with Crippen LogP contribution >= 0.6 is 0 Å². The number of hydrogen-bond acceptors (Lipinski definition) is 7. The molecule has 192 valence electrons. The first-order valence-corrected chi connectivity index (χ1v) is 12.4. The minimum atomic E-state index is -2.55. The summed E-state index contributed by atoms with van der Waals surface area (Å²) < 4.78 is 28.9. The predicted octanol–water partition coefficient (Wildman–Crippen LogP) is 3.25. The third-order valence-corrected chi connectivity index (χ3v) is 6.38. The number of aliphatic hydroxyl groups is 1. The van der Waals surface area contributed by atoms with Crippen LogP contribution in [0.25, 0.3) is 11.1 Å². The van der Waals surface area contributed by atoms with Gasteiger partial charge in [0, 0.05) is 31.4 Å². The summed E-state index contributed by atoms with van der Waals surface area (Å²) in [6.07, 6.45) is -0.276. The molecule has 10 heteroatoms. The molecule has 9 nitrogen and oxygen atoms in total. The lowest BCUT2D eigenvalue weighted by Crippen LogP contribution is -2.26. The maximum absolute atomic E-state index is 11.3. The van der Waals surface area contributed by atoms with Crippen LogP contribution in [0, 0.1) is 0 Å². The van der Waals surface area contributed by atoms with Crippen molar-refractivity contribution in [2.75, 3.05) is 31.0 Å². The average molecular weight is 514 g/mol. The van der Waals surface area contributed by atoms with E-state index in [4.69, 9.17) is 4.74 Å². The number of anilines is 1. The molecule has 0 saturated heterocycles. The highest BCUT2D eigenvalue weighted by atomic mass is 32.2. The molecule has 3 rings (SSSR count). The van der Waals surface area contributed by atoms with Crippen LogP contribution in [0.2, 0.25) is 0 Å². The molecule has 0 heterocycles. The molecule has 0 aromatic heterocycles. The van der Waals surface area contributed by atoms with Crippen molar-refractivity contribution in [3.63, 3.8) is 0 Å². The predicted molar refractivity (Wildman–Crippen MR) is 137 cm³/mol. The second-order valence-corrected chi connectivity index (χ2v) is 9.07. The summed E-state index contributed by atoms with van der Waals surface area (Å²) in [6, 6.07) is 17.1. The number of hydrogen-bond donors (Lipinski definition) is 4. The van der Waals surface area contributed by atoms with Crippen LogP contribution in [-0.4, -0.2) is 56.8 Å². The van der Waals surface area contributed by atoms with Gasteiger partial charge in [0.25, 0.3) is 0 Å². The summed E-state index contributed by atoms with van der Waals surface area (Å²) in [4.78, 5) is 11.3. The van der Waals surface area contributed by atoms with E-state index in [0.717, 1.165) is 21.0 Å². The van der Waals surface area contributed by atoms with Gasteiger partial charge in [-0.1, -0.05) is 37.3 Å². The van der Waals surface area contributed by atoms with Crippen molar-refractivity contribution >= 4 is 22.9 Å². The van der Waals surface area contributed by atoms with Crippen LogP contribution in [0.1, 0.15) is 34.5 Å². The number of aromatic carboxylic acids is 1. The van der Waals surface area contributed by atoms with E-state index in [0.29, 0.717) is 36.4 Å². The summed E-state index contributed by atoms with van der Waals surface area (Å²) in [5.74, 6) is -0.454. The second-order valence-electron chi connectivity index (χ2n) is 8.09. The molecule has 0 aliphatic heterocycles. The van der Waals surface area contributed by atoms with E-state index < -0.39 is 23.3 Å². The Morgan fingerprint density at radius 1 is 1.11 bits per heavy atom. The highest BCUT2D eigenvalue weighted by Gasteiger charge is 2.14. The fourth-order valence-corrected chi connectivity index (χ4v) is 4.00. The van der Waals surface area contributed by atoms with Gasteiger partial charge in [-0.05, 0) is 59.0 Å². The molecule has 36 heavy (non-hydrogen) atoms. The van der Waals surface area contributed by atoms with Gasteiger partial charge in [-0.25, -0.2) is 4.79 Å². The number of phenolic OH excluding ortho intramolecular Hbond substituents is 1. The lowest BCUT2D eigenvalue weighted by atomic mass is 9.98. The van der Waals surface area contributed by atoms with E-state index in [2.05, 4.69) is 5.32 Å². The van der Waals surface area contributed by atoms with Crippen molar-refractivity contribution in [3.8, 4) is 22.6 Å². The van der Waals surface area contributed by atoms with Gasteiger partial charge in [0.15, 0.2) is 0 Å². The first-order valence-electron chi connectivity index (χ1n) is 11.4. The molecule has 0 radical (unpaired) electrons. The van der Waals surface area contributed by atoms with Crippen LogP contribution in [0.3, 0.4) is 0 Å². The Morgan fingerprint density at radius 3 is 2.44 bits per heavy atom. The maximum Gasteiger partial charge on any atom is 0.335 e. The molecule has 2 unspecified atom stereocenters. The molecule has 3 aromatic rings. The Hall–Kier alpha value is -3.44. The van der Waals surface area contributed by atoms with E-state index in [9.17, 15) is 28.9 Å². The highest BCUT2D eigenvalue weighted by Crippen LogP contribution is 2.30. The SMILES string of the molecule is CCc1cc(-c2ccc(OCCNCC(O)c3ccc(O)c(N(C)S(=O)[O-])c3)cc2)ccc1C(=O)O. The lowest BCUT2D eigenvalue weighted by molar-refractivity contribution is 0.0695. The minimum Gasteiger partial charge on any atom is -0.755 e. The quantitative estimate of drug-likeness (QED) is 0.214. The van der Waals surface area contributed by atoms with Crippen LogP contribution in [0.15, 0.2) is 60.7 Å². The molecular formula is C26H29N2O7S-. The van der Waals surface area contributed by atoms with E-state index in [1.807, 2.05) is 37.3 Å². The van der Waals surface area contributed by atoms with E-state index in [-0.39, 0.29) is 18.0 Å². The van der Waals surface area contributed by atoms with Crippen molar-refractivity contribution in [1.82, 2.24) is 5.32 Å². The largest absolute Gasteiger partial charge is 0.755 e. The number of benzene rings is 3. The summed E-state index contributed by atoms with van der Waals surface area (Å²) in [5, 5.41) is 32.7. The van der Waals surface area contributed by atoms with E-state index in [1.165, 1.54) is 25.2 Å². The Bertz CT molecular complexity index is 1220. The first kappa shape index (κ1) is 27.2. The number of aryl methyl sites for hydroxylation is 1. The lowest BCUT2D eigenvalue weighted by Gasteiger charge is -2.23. The molecule has 2 atom stereocenters. The van der Waals surface area contributed by atoms with Gasteiger partial charge in [0.1, 0.15) is 18.1 Å². The summed E-state index contributed by atoms with van der Waals surface area (Å²) >= 11 is -2.55. The van der Waals surface area contributed by atoms with Gasteiger partial charge >= 0.3 is 5.97 Å². The van der Waals surface area contributed by atoms with Gasteiger partial charge in [-0.15, -0.1) is 0 Å². The summed E-state index contributed by atoms with van der Waals surface area (Å²) in [7, 11) is 1.30. The third kappa shape index (κ3) is 6.82. The monoisotopic (exact) mass is 513 g/mol. The number of aliphatic hydroxyl groups excluding tert-OH is 1. The number of carboxylic acid groups (broad SMARTS) is 1. The Balaban J connectivity index is 1.49. The summed E-state index contributed by atoms with van der Waals surface area (Å²) in [5.41, 5.74) is 3.53. The van der Waals surface area contributed by atoms with Gasteiger partial charge in [-0.3, -0.25) is 4.21 Å². The first-order chi connectivity index (χ1) is 17.2. The molecule has 3 aromatic carbocycles. The van der Waals surface area contributed by atoms with Crippen molar-refractivity contribution in [2.45, 2.75) is 19.4 Å². The number of phenols is 1. The number of rotatable bonds is 12. The smallest absolute Gasteiger partial charge is 0.335 e. The number of nitrogens with zero attached hydrogens (tertiary/aromatic N) is 1. The Labute approximate surface area is 212 Å². The zero-order chi connectivity index (χ0) is 26.2. The van der Waals surface area contributed by atoms with Crippen LogP contribution in [0.4, 0.5) is 5.69 Å². The van der Waals surface area contributed by atoms with Crippen LogP contribution < -0.4 is 14.4 Å². The highest BCUT2D eigenvalue weighted by molar-refractivity contribution is 7.80. The number of ether oxygens (including phenoxy) is 1. The van der Waals surface area contributed by atoms with Gasteiger partial charge in [0.05, 0.1) is 17.4 Å². The molecule has 0 saturated carbocycles. The van der Waals surface area contributed by atoms with E-state index >= 15 is 0 Å². The zero-order valence-electron chi connectivity index (χ0n) is 20.0. The average Bonchev–Trinajstić information content (AvgIpc) is 2.88. The molecule has 0 amide bonds. The second kappa shape index (κ2) is 12.5. The molecule has 0 aliphatic carbocycles. The van der Waals surface area contributed by atoms with Crippen LogP contribution in [-0.2, 0) is 17.7 Å². The molecular weight excluding hydrogens is 484 g/mol. The van der Waals surface area contributed by atoms with Crippen LogP contribution in [0.5, 0.6) is 11.5 Å². The molecule has 0 fully saturated rings. The molecule has 0 aliphatic rings. The topological polar surface area (TPSA) is 142 Å². The van der Waals surface area contributed by atoms with Crippen molar-refractivity contribution in [3.05, 3.63) is 77.4 Å². The molecule has 0 bridgehead atoms. The normalized spacial score (nSPS) is 12.7. The van der Waals surface area contributed by atoms with Crippen molar-refractivity contribution < 1.29 is 33.6 Å². The van der Waals surface area contributed by atoms with Gasteiger partial charge < -0.3 is 34.2 Å². The Morgan fingerprint density at radius 2 is 1.81 bits per heavy atom. The number of carboxylic acids is 1. The maximum atomic E-state index is 11.3. The standard InChI is InChI=1S/C26H30N2O7S/c1-3-17-14-19(6-10-22(17)26(31)32)18-4-8-21(9-5-18)35-13-12-27-16-25(30)20-7-11-24(29)23(15-20)28(2)36(33)34/h4-11,14-15,25,27,29-30H,3,12-13,16H2,1-2H3,(H,31,32)(H,33,34)/p-1. The van der Waals surface area contributed by atoms with E-state index in [1.54, 1.807) is 12.1 Å². The Kier molecular flexibility index (Phi) is 9.43. The summed E-state index contributed by atoms with van der Waals surface area (Å²) in [6.45, 7) is 2.96.